The average molecular weight is 411 g/mol. The van der Waals surface area contributed by atoms with E-state index in [0.717, 1.165) is 12.8 Å². The van der Waals surface area contributed by atoms with Crippen LogP contribution in [-0.2, 0) is 19.1 Å². The van der Waals surface area contributed by atoms with Crippen molar-refractivity contribution in [1.82, 2.24) is 10.2 Å². The first-order chi connectivity index (χ1) is 14.4. The van der Waals surface area contributed by atoms with E-state index in [0.29, 0.717) is 17.2 Å². The van der Waals surface area contributed by atoms with Crippen molar-refractivity contribution in [3.8, 4) is 0 Å². The van der Waals surface area contributed by atoms with Crippen LogP contribution in [0, 0.1) is 5.92 Å². The molecule has 1 aromatic carbocycles. The Balaban J connectivity index is 1.62. The van der Waals surface area contributed by atoms with Gasteiger partial charge in [0, 0.05) is 25.4 Å². The Morgan fingerprint density at radius 1 is 1.33 bits per heavy atom. The Labute approximate surface area is 174 Å². The van der Waals surface area contributed by atoms with Gasteiger partial charge in [-0.2, -0.15) is 0 Å². The molecule has 8 heteroatoms. The third-order valence-electron chi connectivity index (χ3n) is 6.06. The number of ether oxygens (including phenoxy) is 1. The molecule has 2 fully saturated rings. The lowest BCUT2D eigenvalue weighted by molar-refractivity contribution is -0.160. The van der Waals surface area contributed by atoms with E-state index in [1.165, 1.54) is 15.9 Å². The van der Waals surface area contributed by atoms with E-state index >= 15 is 0 Å². The summed E-state index contributed by atoms with van der Waals surface area (Å²) in [7, 11) is 0. The highest BCUT2D eigenvalue weighted by atomic mass is 16.5. The summed E-state index contributed by atoms with van der Waals surface area (Å²) >= 11 is 0. The number of esters is 1. The van der Waals surface area contributed by atoms with Gasteiger partial charge in [-0.05, 0) is 37.8 Å². The van der Waals surface area contributed by atoms with Crippen molar-refractivity contribution in [1.29, 1.82) is 0 Å². The second-order valence-electron chi connectivity index (χ2n) is 8.04. The lowest BCUT2D eigenvalue weighted by Crippen LogP contribution is -2.68. The Morgan fingerprint density at radius 3 is 2.77 bits per heavy atom. The summed E-state index contributed by atoms with van der Waals surface area (Å²) in [5.41, 5.74) is -0.887. The van der Waals surface area contributed by atoms with Gasteiger partial charge in [0.15, 0.2) is 6.61 Å². The highest BCUT2D eigenvalue weighted by Crippen LogP contribution is 2.45. The van der Waals surface area contributed by atoms with Crippen LogP contribution >= 0.6 is 0 Å². The molecule has 0 bridgehead atoms. The summed E-state index contributed by atoms with van der Waals surface area (Å²) in [6, 6.07) is 6.72. The molecule has 2 atom stereocenters. The molecule has 0 unspecified atom stereocenters. The van der Waals surface area contributed by atoms with Crippen molar-refractivity contribution in [2.75, 3.05) is 18.1 Å². The van der Waals surface area contributed by atoms with Gasteiger partial charge in [0.1, 0.15) is 0 Å². The van der Waals surface area contributed by atoms with Gasteiger partial charge in [-0.15, -0.1) is 6.58 Å². The fourth-order valence-electron chi connectivity index (χ4n) is 4.39. The first kappa shape index (κ1) is 20.1. The minimum absolute atomic E-state index is 0.0271. The molecule has 1 saturated heterocycles. The number of para-hydroxylation sites is 1. The van der Waals surface area contributed by atoms with Crippen molar-refractivity contribution in [3.63, 3.8) is 0 Å². The Hall–Kier alpha value is -3.16. The molecule has 0 radical (unpaired) electrons. The molecule has 1 aliphatic carbocycles. The zero-order chi connectivity index (χ0) is 21.5. The van der Waals surface area contributed by atoms with E-state index in [2.05, 4.69) is 11.9 Å². The highest BCUT2D eigenvalue weighted by molar-refractivity contribution is 6.15. The van der Waals surface area contributed by atoms with E-state index in [4.69, 9.17) is 4.74 Å². The number of hydrogen-bond donors (Lipinski definition) is 1. The van der Waals surface area contributed by atoms with Gasteiger partial charge in [-0.1, -0.05) is 18.2 Å². The van der Waals surface area contributed by atoms with Gasteiger partial charge in [0.05, 0.1) is 11.3 Å². The fourth-order valence-corrected chi connectivity index (χ4v) is 4.39. The highest BCUT2D eigenvalue weighted by Gasteiger charge is 2.61. The molecule has 3 amide bonds. The van der Waals surface area contributed by atoms with Crippen molar-refractivity contribution in [2.45, 2.75) is 44.3 Å². The molecule has 1 aromatic rings. The Bertz CT molecular complexity index is 925. The lowest BCUT2D eigenvalue weighted by Gasteiger charge is -2.48. The molecule has 8 nitrogen and oxygen atoms in total. The summed E-state index contributed by atoms with van der Waals surface area (Å²) in [5, 5.41) is 2.83. The van der Waals surface area contributed by atoms with Crippen molar-refractivity contribution >= 4 is 29.4 Å². The van der Waals surface area contributed by atoms with Crippen LogP contribution in [0.2, 0.25) is 0 Å². The van der Waals surface area contributed by atoms with Gasteiger partial charge >= 0.3 is 5.97 Å². The minimum atomic E-state index is -1.61. The molecule has 1 saturated carbocycles. The summed E-state index contributed by atoms with van der Waals surface area (Å²) in [5.74, 6) is -1.35. The summed E-state index contributed by atoms with van der Waals surface area (Å²) < 4.78 is 5.36. The number of carbonyl (C=O) groups is 4. The maximum Gasteiger partial charge on any atom is 0.354 e. The van der Waals surface area contributed by atoms with Crippen LogP contribution in [0.5, 0.6) is 0 Å². The zero-order valence-corrected chi connectivity index (χ0v) is 16.9. The third kappa shape index (κ3) is 3.16. The molecule has 4 rings (SSSR count). The number of carbonyl (C=O) groups excluding carboxylic acids is 4. The molecule has 0 aromatic heterocycles. The SMILES string of the molecule is C=CCN1C(=O)c2ccccc2N2C(=O)CC[C@@]12C(=O)OCC(=O)N[C@@H](C)C1CC1. The standard InChI is InChI=1S/C22H25N3O5/c1-3-12-24-20(28)16-6-4-5-7-17(16)25-19(27)10-11-22(24,25)21(29)30-13-18(26)23-14(2)15-8-9-15/h3-7,14-15H,1,8-13H2,2H3,(H,23,26)/t14-,22+/m0/s1. The summed E-state index contributed by atoms with van der Waals surface area (Å²) in [6.45, 7) is 5.22. The Kier molecular flexibility index (Phi) is 5.09. The molecule has 0 spiro atoms. The molecule has 30 heavy (non-hydrogen) atoms. The predicted molar refractivity (Wildman–Crippen MR) is 108 cm³/mol. The van der Waals surface area contributed by atoms with Crippen LogP contribution in [0.3, 0.4) is 0 Å². The monoisotopic (exact) mass is 411 g/mol. The number of nitrogens with zero attached hydrogens (tertiary/aromatic N) is 2. The first-order valence-corrected chi connectivity index (χ1v) is 10.2. The van der Waals surface area contributed by atoms with Crippen LogP contribution < -0.4 is 10.2 Å². The van der Waals surface area contributed by atoms with Crippen LogP contribution in [0.4, 0.5) is 5.69 Å². The normalized spacial score (nSPS) is 23.5. The number of hydrogen-bond acceptors (Lipinski definition) is 5. The van der Waals surface area contributed by atoms with Crippen molar-refractivity contribution < 1.29 is 23.9 Å². The molecule has 1 N–H and O–H groups in total. The van der Waals surface area contributed by atoms with Gasteiger partial charge < -0.3 is 15.0 Å². The summed E-state index contributed by atoms with van der Waals surface area (Å²) in [4.78, 5) is 54.2. The summed E-state index contributed by atoms with van der Waals surface area (Å²) in [6.07, 6.45) is 3.86. The maximum absolute atomic E-state index is 13.3. The van der Waals surface area contributed by atoms with E-state index in [-0.39, 0.29) is 37.2 Å². The smallest absolute Gasteiger partial charge is 0.354 e. The van der Waals surface area contributed by atoms with Crippen LogP contribution in [0.15, 0.2) is 36.9 Å². The maximum atomic E-state index is 13.3. The topological polar surface area (TPSA) is 96.0 Å². The molecule has 3 aliphatic rings. The number of amides is 3. The first-order valence-electron chi connectivity index (χ1n) is 10.2. The molecule has 2 aliphatic heterocycles. The van der Waals surface area contributed by atoms with E-state index < -0.39 is 24.1 Å². The second kappa shape index (κ2) is 7.59. The predicted octanol–water partition coefficient (Wildman–Crippen LogP) is 1.61. The average Bonchev–Trinajstić information content (AvgIpc) is 3.53. The lowest BCUT2D eigenvalue weighted by atomic mass is 9.96. The number of rotatable bonds is 7. The molecular formula is C22H25N3O5. The van der Waals surface area contributed by atoms with Gasteiger partial charge in [0.25, 0.3) is 11.8 Å². The number of anilines is 1. The van der Waals surface area contributed by atoms with Crippen LogP contribution in [-0.4, -0.2) is 53.4 Å². The van der Waals surface area contributed by atoms with Crippen LogP contribution in [0.25, 0.3) is 0 Å². The molecular weight excluding hydrogens is 386 g/mol. The van der Waals surface area contributed by atoms with Crippen LogP contribution in [0.1, 0.15) is 43.0 Å². The largest absolute Gasteiger partial charge is 0.452 e. The van der Waals surface area contributed by atoms with Crippen molar-refractivity contribution in [2.24, 2.45) is 5.92 Å². The van der Waals surface area contributed by atoms with Crippen molar-refractivity contribution in [3.05, 3.63) is 42.5 Å². The molecule has 158 valence electrons. The Morgan fingerprint density at radius 2 is 2.07 bits per heavy atom. The van der Waals surface area contributed by atoms with E-state index in [1.807, 2.05) is 6.92 Å². The number of fused-ring (bicyclic) bond motifs is 3. The number of benzene rings is 1. The van der Waals surface area contributed by atoms with Gasteiger partial charge in [-0.3, -0.25) is 19.3 Å². The van der Waals surface area contributed by atoms with Gasteiger partial charge in [-0.25, -0.2) is 4.79 Å². The fraction of sp³-hybridized carbons (Fsp3) is 0.455. The zero-order valence-electron chi connectivity index (χ0n) is 16.9. The quantitative estimate of drug-likeness (QED) is 0.543. The second-order valence-corrected chi connectivity index (χ2v) is 8.04. The van der Waals surface area contributed by atoms with E-state index in [1.54, 1.807) is 24.3 Å². The van der Waals surface area contributed by atoms with Gasteiger partial charge in [0.2, 0.25) is 11.6 Å². The minimum Gasteiger partial charge on any atom is -0.452 e. The molecule has 2 heterocycles. The third-order valence-corrected chi connectivity index (χ3v) is 6.06. The van der Waals surface area contributed by atoms with E-state index in [9.17, 15) is 19.2 Å². The number of nitrogens with one attached hydrogen (secondary N) is 1.